The second-order valence-electron chi connectivity index (χ2n) is 4.29. The first-order valence-corrected chi connectivity index (χ1v) is 6.43. The van der Waals surface area contributed by atoms with Crippen LogP contribution in [0, 0.1) is 0 Å². The number of hydrogen-bond donors (Lipinski definition) is 1. The number of nitrogens with zero attached hydrogens (tertiary/aromatic N) is 4. The summed E-state index contributed by atoms with van der Waals surface area (Å²) in [5.41, 5.74) is 7.16. The summed E-state index contributed by atoms with van der Waals surface area (Å²) in [4.78, 5) is 4.31. The highest BCUT2D eigenvalue weighted by Gasteiger charge is 2.12. The highest BCUT2D eigenvalue weighted by atomic mass is 16.5. The number of pyridine rings is 1. The Morgan fingerprint density at radius 3 is 2.85 bits per heavy atom. The van der Waals surface area contributed by atoms with Gasteiger partial charge in [0.2, 0.25) is 0 Å². The molecule has 7 nitrogen and oxygen atoms in total. The number of hydrogen-bond acceptors (Lipinski definition) is 6. The Morgan fingerprint density at radius 1 is 1.30 bits per heavy atom. The van der Waals surface area contributed by atoms with E-state index in [0.717, 1.165) is 24.2 Å². The fourth-order valence-electron chi connectivity index (χ4n) is 1.93. The minimum atomic E-state index is 0.482. The molecule has 20 heavy (non-hydrogen) atoms. The molecule has 2 rings (SSSR count). The molecule has 0 bridgehead atoms. The van der Waals surface area contributed by atoms with E-state index in [9.17, 15) is 0 Å². The molecule has 0 radical (unpaired) electrons. The first-order chi connectivity index (χ1) is 9.78. The molecule has 0 aromatic carbocycles. The lowest BCUT2D eigenvalue weighted by Gasteiger charge is -2.11. The van der Waals surface area contributed by atoms with Gasteiger partial charge in [0.25, 0.3) is 0 Å². The maximum atomic E-state index is 5.48. The molecule has 0 aliphatic heterocycles. The lowest BCUT2D eigenvalue weighted by atomic mass is 10.2. The molecule has 2 aromatic rings. The van der Waals surface area contributed by atoms with Gasteiger partial charge < -0.3 is 15.2 Å². The van der Waals surface area contributed by atoms with Crippen molar-refractivity contribution < 1.29 is 9.47 Å². The molecule has 0 spiro atoms. The van der Waals surface area contributed by atoms with Crippen LogP contribution in [0.3, 0.4) is 0 Å². The van der Waals surface area contributed by atoms with E-state index in [0.29, 0.717) is 24.6 Å². The van der Waals surface area contributed by atoms with Gasteiger partial charge in [0, 0.05) is 18.5 Å². The van der Waals surface area contributed by atoms with E-state index in [1.54, 1.807) is 31.2 Å². The highest BCUT2D eigenvalue weighted by molar-refractivity contribution is 5.42. The monoisotopic (exact) mass is 277 g/mol. The van der Waals surface area contributed by atoms with Gasteiger partial charge in [0.05, 0.1) is 26.5 Å². The molecule has 2 aromatic heterocycles. The molecule has 0 saturated carbocycles. The van der Waals surface area contributed by atoms with Gasteiger partial charge in [0.15, 0.2) is 11.5 Å². The third kappa shape index (κ3) is 3.24. The first kappa shape index (κ1) is 14.3. The van der Waals surface area contributed by atoms with E-state index in [2.05, 4.69) is 15.3 Å². The average Bonchev–Trinajstić information content (AvgIpc) is 2.92. The number of methoxy groups -OCH3 is 2. The van der Waals surface area contributed by atoms with Gasteiger partial charge in [-0.2, -0.15) is 0 Å². The molecule has 108 valence electrons. The maximum absolute atomic E-state index is 5.48. The van der Waals surface area contributed by atoms with Crippen LogP contribution in [-0.2, 0) is 13.0 Å². The second kappa shape index (κ2) is 6.85. The summed E-state index contributed by atoms with van der Waals surface area (Å²) in [6.07, 6.45) is 5.32. The topological polar surface area (TPSA) is 88.1 Å². The zero-order valence-corrected chi connectivity index (χ0v) is 11.7. The van der Waals surface area contributed by atoms with E-state index in [-0.39, 0.29) is 0 Å². The van der Waals surface area contributed by atoms with Gasteiger partial charge in [-0.15, -0.1) is 5.10 Å². The predicted octanol–water partition coefficient (Wildman–Crippen LogP) is 0.630. The van der Waals surface area contributed by atoms with E-state index >= 15 is 0 Å². The van der Waals surface area contributed by atoms with Crippen molar-refractivity contribution in [2.24, 2.45) is 5.73 Å². The van der Waals surface area contributed by atoms with Crippen molar-refractivity contribution in [2.45, 2.75) is 19.4 Å². The quantitative estimate of drug-likeness (QED) is 0.798. The van der Waals surface area contributed by atoms with E-state index in [1.165, 1.54) is 0 Å². The van der Waals surface area contributed by atoms with Crippen molar-refractivity contribution >= 4 is 0 Å². The molecule has 0 saturated heterocycles. The molecule has 0 atom stereocenters. The highest BCUT2D eigenvalue weighted by Crippen LogP contribution is 2.29. The van der Waals surface area contributed by atoms with Crippen LogP contribution >= 0.6 is 0 Å². The third-order valence-electron chi connectivity index (χ3n) is 2.90. The van der Waals surface area contributed by atoms with Gasteiger partial charge in [-0.25, -0.2) is 4.68 Å². The van der Waals surface area contributed by atoms with E-state index in [1.807, 2.05) is 6.20 Å². The standard InChI is InChI=1S/C13H19N5O2/c1-19-12-5-7-15-11(13(12)20-2)9-18-8-10(16-17-18)4-3-6-14/h5,7-8H,3-4,6,9,14H2,1-2H3. The van der Waals surface area contributed by atoms with Crippen LogP contribution in [0.25, 0.3) is 0 Å². The first-order valence-electron chi connectivity index (χ1n) is 6.43. The SMILES string of the molecule is COc1ccnc(Cn2cc(CCCN)nn2)c1OC. The fourth-order valence-corrected chi connectivity index (χ4v) is 1.93. The Bertz CT molecular complexity index is 555. The number of aromatic nitrogens is 4. The summed E-state index contributed by atoms with van der Waals surface area (Å²) in [6.45, 7) is 1.13. The normalized spacial score (nSPS) is 10.6. The second-order valence-corrected chi connectivity index (χ2v) is 4.29. The van der Waals surface area contributed by atoms with Crippen LogP contribution in [-0.4, -0.2) is 40.7 Å². The molecule has 0 aliphatic carbocycles. The molecular formula is C13H19N5O2. The van der Waals surface area contributed by atoms with Gasteiger partial charge in [-0.05, 0) is 19.4 Å². The molecule has 0 unspecified atom stereocenters. The molecule has 0 amide bonds. The number of rotatable bonds is 7. The van der Waals surface area contributed by atoms with Crippen molar-refractivity contribution in [3.8, 4) is 11.5 Å². The maximum Gasteiger partial charge on any atom is 0.184 e. The van der Waals surface area contributed by atoms with E-state index in [4.69, 9.17) is 15.2 Å². The lowest BCUT2D eigenvalue weighted by molar-refractivity contribution is 0.348. The van der Waals surface area contributed by atoms with Crippen molar-refractivity contribution in [3.05, 3.63) is 29.8 Å². The third-order valence-corrected chi connectivity index (χ3v) is 2.90. The van der Waals surface area contributed by atoms with Crippen LogP contribution in [0.4, 0.5) is 0 Å². The Labute approximate surface area is 117 Å². The molecule has 0 aliphatic rings. The molecule has 2 heterocycles. The Kier molecular flexibility index (Phi) is 4.89. The van der Waals surface area contributed by atoms with Crippen LogP contribution in [0.1, 0.15) is 17.8 Å². The fraction of sp³-hybridized carbons (Fsp3) is 0.462. The van der Waals surface area contributed by atoms with Crippen LogP contribution in [0.15, 0.2) is 18.5 Å². The minimum Gasteiger partial charge on any atom is -0.493 e. The summed E-state index contributed by atoms with van der Waals surface area (Å²) < 4.78 is 12.3. The zero-order valence-electron chi connectivity index (χ0n) is 11.7. The Hall–Kier alpha value is -2.15. The van der Waals surface area contributed by atoms with Crippen LogP contribution in [0.5, 0.6) is 11.5 Å². The lowest BCUT2D eigenvalue weighted by Crippen LogP contribution is -2.06. The largest absolute Gasteiger partial charge is 0.493 e. The zero-order chi connectivity index (χ0) is 14.4. The van der Waals surface area contributed by atoms with Gasteiger partial charge >= 0.3 is 0 Å². The summed E-state index contributed by atoms with van der Waals surface area (Å²) in [7, 11) is 3.19. The van der Waals surface area contributed by atoms with Crippen molar-refractivity contribution in [2.75, 3.05) is 20.8 Å². The van der Waals surface area contributed by atoms with Crippen molar-refractivity contribution in [1.29, 1.82) is 0 Å². The molecule has 7 heteroatoms. The minimum absolute atomic E-state index is 0.482. The van der Waals surface area contributed by atoms with Gasteiger partial charge in [0.1, 0.15) is 5.69 Å². The summed E-state index contributed by atoms with van der Waals surface area (Å²) in [6, 6.07) is 1.76. The average molecular weight is 277 g/mol. The van der Waals surface area contributed by atoms with Crippen molar-refractivity contribution in [1.82, 2.24) is 20.0 Å². The molecule has 0 fully saturated rings. The number of nitrogens with two attached hydrogens (primary N) is 1. The van der Waals surface area contributed by atoms with Crippen LogP contribution in [0.2, 0.25) is 0 Å². The smallest absolute Gasteiger partial charge is 0.184 e. The van der Waals surface area contributed by atoms with E-state index < -0.39 is 0 Å². The molecule has 2 N–H and O–H groups in total. The summed E-state index contributed by atoms with van der Waals surface area (Å²) in [5.74, 6) is 1.27. The van der Waals surface area contributed by atoms with Gasteiger partial charge in [-0.3, -0.25) is 4.98 Å². The summed E-state index contributed by atoms with van der Waals surface area (Å²) in [5, 5.41) is 8.19. The predicted molar refractivity (Wildman–Crippen MR) is 73.8 cm³/mol. The van der Waals surface area contributed by atoms with Crippen LogP contribution < -0.4 is 15.2 Å². The number of ether oxygens (including phenoxy) is 2. The number of aryl methyl sites for hydroxylation is 1. The van der Waals surface area contributed by atoms with Crippen molar-refractivity contribution in [3.63, 3.8) is 0 Å². The van der Waals surface area contributed by atoms with Gasteiger partial charge in [-0.1, -0.05) is 5.21 Å². The Morgan fingerprint density at radius 2 is 2.15 bits per heavy atom. The molecular weight excluding hydrogens is 258 g/mol. The Balaban J connectivity index is 2.15. The summed E-state index contributed by atoms with van der Waals surface area (Å²) >= 11 is 0.